The molecule has 4 atom stereocenters. The monoisotopic (exact) mass is 866 g/mol. The number of para-hydroxylation sites is 1. The van der Waals surface area contributed by atoms with Crippen LogP contribution in [0.15, 0.2) is 103 Å². The van der Waals surface area contributed by atoms with E-state index in [4.69, 9.17) is 0 Å². The van der Waals surface area contributed by atoms with Crippen molar-refractivity contribution in [1.29, 1.82) is 0 Å². The zero-order valence-electron chi connectivity index (χ0n) is 42.0. The molecule has 13 rings (SSSR count). The Labute approximate surface area is 394 Å². The van der Waals surface area contributed by atoms with Crippen molar-refractivity contribution < 1.29 is 0 Å². The molecule has 4 unspecified atom stereocenters. The van der Waals surface area contributed by atoms with Gasteiger partial charge in [0, 0.05) is 55.6 Å². The lowest BCUT2D eigenvalue weighted by Crippen LogP contribution is -2.64. The summed E-state index contributed by atoms with van der Waals surface area (Å²) in [4.78, 5) is 5.78. The Bertz CT molecular complexity index is 3310. The van der Waals surface area contributed by atoms with Gasteiger partial charge >= 0.3 is 0 Å². The Kier molecular flexibility index (Phi) is 7.74. The number of anilines is 4. The lowest BCUT2D eigenvalue weighted by atomic mass is 9.33. The van der Waals surface area contributed by atoms with E-state index < -0.39 is 0 Å². The number of rotatable bonds is 1. The summed E-state index contributed by atoms with van der Waals surface area (Å²) in [5.41, 5.74) is 23.9. The summed E-state index contributed by atoms with van der Waals surface area (Å²) >= 11 is 0. The Morgan fingerprint density at radius 2 is 1.18 bits per heavy atom. The van der Waals surface area contributed by atoms with Crippen molar-refractivity contribution >= 4 is 67.7 Å². The number of benzene rings is 6. The van der Waals surface area contributed by atoms with Crippen LogP contribution in [0.25, 0.3) is 27.5 Å². The lowest BCUT2D eigenvalue weighted by Gasteiger charge is -2.53. The van der Waals surface area contributed by atoms with Crippen LogP contribution in [0.2, 0.25) is 0 Å². The number of nitrogens with zero attached hydrogens (tertiary/aromatic N) is 3. The molecule has 3 nitrogen and oxygen atoms in total. The lowest BCUT2D eigenvalue weighted by molar-refractivity contribution is 0.195. The highest BCUT2D eigenvalue weighted by Crippen LogP contribution is 2.66. The van der Waals surface area contributed by atoms with Crippen molar-refractivity contribution in [2.75, 3.05) is 9.80 Å². The standard InChI is InChI=1S/C62H68BN3/c1-56(2,3)38-23-25-49-42(31-38)43-32-40(58(7,8)9)34-48-54(43)64(49)51-35-41(36-52-53(51)63(48)47-22-18-21-45-55(47)66(52)61(12)29-17-16-28-59(45,61)10)65-50-26-24-39(57(4,5)6)33-46(50)60(11)30-27-37-19-14-15-20-44(37)62(60,65)13/h14-15,18-26,31-36H,16-17,27-30H2,1-13H3. The van der Waals surface area contributed by atoms with Gasteiger partial charge in [0.2, 0.25) is 0 Å². The fourth-order valence-corrected chi connectivity index (χ4v) is 15.0. The molecule has 4 aliphatic heterocycles. The third kappa shape index (κ3) is 4.77. The predicted molar refractivity (Wildman–Crippen MR) is 282 cm³/mol. The van der Waals surface area contributed by atoms with Crippen LogP contribution in [0.5, 0.6) is 0 Å². The maximum atomic E-state index is 2.94. The van der Waals surface area contributed by atoms with Gasteiger partial charge in [0.25, 0.3) is 6.71 Å². The number of aryl methyl sites for hydroxylation is 1. The van der Waals surface area contributed by atoms with Crippen LogP contribution in [-0.2, 0) is 39.0 Å². The van der Waals surface area contributed by atoms with Gasteiger partial charge in [-0.3, -0.25) is 0 Å². The van der Waals surface area contributed by atoms with Crippen molar-refractivity contribution in [1.82, 2.24) is 4.57 Å². The number of hydrogen-bond donors (Lipinski definition) is 0. The minimum absolute atomic E-state index is 0.0165. The number of hydrogen-bond acceptors (Lipinski definition) is 2. The summed E-state index contributed by atoms with van der Waals surface area (Å²) < 4.78 is 2.74. The van der Waals surface area contributed by atoms with E-state index in [2.05, 4.69) is 208 Å². The predicted octanol–water partition coefficient (Wildman–Crippen LogP) is 13.8. The van der Waals surface area contributed by atoms with Crippen molar-refractivity contribution in [3.8, 4) is 5.69 Å². The molecule has 6 aliphatic rings. The van der Waals surface area contributed by atoms with E-state index in [1.807, 2.05) is 0 Å². The highest BCUT2D eigenvalue weighted by atomic mass is 15.3. The van der Waals surface area contributed by atoms with Crippen LogP contribution in [0.3, 0.4) is 0 Å². The van der Waals surface area contributed by atoms with Gasteiger partial charge in [0.15, 0.2) is 0 Å². The van der Waals surface area contributed by atoms with Crippen molar-refractivity contribution in [3.63, 3.8) is 0 Å². The van der Waals surface area contributed by atoms with E-state index in [9.17, 15) is 0 Å². The van der Waals surface area contributed by atoms with E-state index >= 15 is 0 Å². The van der Waals surface area contributed by atoms with Gasteiger partial charge in [0.1, 0.15) is 0 Å². The molecular weight excluding hydrogens is 798 g/mol. The molecule has 1 saturated carbocycles. The molecule has 0 amide bonds. The first-order chi connectivity index (χ1) is 31.1. The number of fused-ring (bicyclic) bond motifs is 15. The summed E-state index contributed by atoms with van der Waals surface area (Å²) in [6, 6.07) is 42.4. The smallest absolute Gasteiger partial charge is 0.252 e. The van der Waals surface area contributed by atoms with Crippen molar-refractivity contribution in [2.24, 2.45) is 0 Å². The Hall–Kier alpha value is -5.22. The maximum absolute atomic E-state index is 2.94. The fraction of sp³-hybridized carbons (Fsp3) is 0.419. The molecule has 0 spiro atoms. The average molecular weight is 866 g/mol. The largest absolute Gasteiger partial charge is 0.335 e. The molecule has 0 bridgehead atoms. The zero-order chi connectivity index (χ0) is 46.0. The van der Waals surface area contributed by atoms with Gasteiger partial charge in [-0.25, -0.2) is 0 Å². The van der Waals surface area contributed by atoms with Crippen LogP contribution in [0.4, 0.5) is 22.7 Å². The van der Waals surface area contributed by atoms with E-state index in [-0.39, 0.29) is 44.9 Å². The van der Waals surface area contributed by atoms with E-state index in [0.717, 1.165) is 12.8 Å². The van der Waals surface area contributed by atoms with Crippen molar-refractivity contribution in [3.05, 3.63) is 142 Å². The third-order valence-electron chi connectivity index (χ3n) is 19.2. The SMILES string of the molecule is CC(C)(C)c1ccc2c(c1)C1(C)CCc3ccccc3C1(C)N2c1cc2c3c(c1)-n1c4ccc(C(C)(C)C)cc4c4cc(C(C)(C)C)cc(c41)B3c1cccc3c1N2C1(C)CCCCC31C. The molecule has 0 radical (unpaired) electrons. The van der Waals surface area contributed by atoms with Crippen LogP contribution in [-0.4, -0.2) is 16.8 Å². The van der Waals surface area contributed by atoms with Gasteiger partial charge in [-0.05, 0) is 148 Å². The molecule has 7 aromatic rings. The molecule has 0 saturated heterocycles. The quantitative estimate of drug-likeness (QED) is 0.152. The van der Waals surface area contributed by atoms with Gasteiger partial charge in [-0.2, -0.15) is 0 Å². The van der Waals surface area contributed by atoms with Gasteiger partial charge in [0.05, 0.1) is 16.6 Å². The second-order valence-electron chi connectivity index (χ2n) is 25.6. The van der Waals surface area contributed by atoms with E-state index in [1.54, 1.807) is 5.56 Å². The average Bonchev–Trinajstić information content (AvgIpc) is 3.79. The molecule has 6 aromatic carbocycles. The maximum Gasteiger partial charge on any atom is 0.252 e. The van der Waals surface area contributed by atoms with Crippen LogP contribution < -0.4 is 26.2 Å². The molecule has 1 aromatic heterocycles. The molecule has 66 heavy (non-hydrogen) atoms. The summed E-state index contributed by atoms with van der Waals surface area (Å²) in [6.07, 6.45) is 7.15. The fourth-order valence-electron chi connectivity index (χ4n) is 15.0. The highest BCUT2D eigenvalue weighted by Gasteiger charge is 2.63. The zero-order valence-corrected chi connectivity index (χ0v) is 42.0. The van der Waals surface area contributed by atoms with Gasteiger partial charge in [-0.1, -0.05) is 156 Å². The third-order valence-corrected chi connectivity index (χ3v) is 19.2. The van der Waals surface area contributed by atoms with E-state index in [1.165, 1.54) is 126 Å². The van der Waals surface area contributed by atoms with Gasteiger partial charge < -0.3 is 14.4 Å². The molecule has 2 aliphatic carbocycles. The second kappa shape index (κ2) is 12.5. The normalized spacial score (nSPS) is 25.7. The minimum atomic E-state index is -0.323. The second-order valence-corrected chi connectivity index (χ2v) is 25.6. The molecule has 0 N–H and O–H groups in total. The summed E-state index contributed by atoms with van der Waals surface area (Å²) in [5.74, 6) is 0. The van der Waals surface area contributed by atoms with E-state index in [0.29, 0.717) is 0 Å². The molecule has 334 valence electrons. The summed E-state index contributed by atoms with van der Waals surface area (Å²) in [6.45, 7) is 32.0. The van der Waals surface area contributed by atoms with Crippen molar-refractivity contribution in [2.45, 2.75) is 167 Å². The summed E-state index contributed by atoms with van der Waals surface area (Å²) in [7, 11) is 0. The topological polar surface area (TPSA) is 11.4 Å². The molecular formula is C62H68BN3. The Morgan fingerprint density at radius 3 is 1.94 bits per heavy atom. The molecule has 4 heteroatoms. The first kappa shape index (κ1) is 41.0. The number of aromatic nitrogens is 1. The Morgan fingerprint density at radius 1 is 0.515 bits per heavy atom. The Balaban J connectivity index is 1.20. The highest BCUT2D eigenvalue weighted by molar-refractivity contribution is 7.00. The van der Waals surface area contributed by atoms with Gasteiger partial charge in [-0.15, -0.1) is 0 Å². The summed E-state index contributed by atoms with van der Waals surface area (Å²) in [5, 5.41) is 2.76. The van der Waals surface area contributed by atoms with Crippen LogP contribution >= 0.6 is 0 Å². The molecule has 5 heterocycles. The molecule has 1 fully saturated rings. The first-order valence-electron chi connectivity index (χ1n) is 25.4. The minimum Gasteiger partial charge on any atom is -0.335 e. The van der Waals surface area contributed by atoms with Crippen LogP contribution in [0, 0.1) is 0 Å². The first-order valence-corrected chi connectivity index (χ1v) is 25.4. The van der Waals surface area contributed by atoms with Crippen LogP contribution in [0.1, 0.15) is 161 Å².